The van der Waals surface area contributed by atoms with Gasteiger partial charge in [-0.3, -0.25) is 4.79 Å². The van der Waals surface area contributed by atoms with Gasteiger partial charge in [0.05, 0.1) is 12.2 Å². The van der Waals surface area contributed by atoms with Crippen LogP contribution in [0, 0.1) is 6.92 Å². The van der Waals surface area contributed by atoms with Gasteiger partial charge >= 0.3 is 0 Å². The molecule has 1 aliphatic carbocycles. The number of fused-ring (bicyclic) bond motifs is 2. The summed E-state index contributed by atoms with van der Waals surface area (Å²) in [5.74, 6) is 1.37. The number of aromatic amines is 1. The maximum absolute atomic E-state index is 13.1. The van der Waals surface area contributed by atoms with Crippen molar-refractivity contribution in [3.63, 3.8) is 0 Å². The van der Waals surface area contributed by atoms with Crippen molar-refractivity contribution >= 4 is 34.1 Å². The molecule has 5 heterocycles. The minimum Gasteiger partial charge on any atom is -0.351 e. The molecule has 1 amide bonds. The minimum atomic E-state index is -2.49. The molecule has 0 unspecified atom stereocenters. The zero-order chi connectivity index (χ0) is 24.8. The van der Waals surface area contributed by atoms with Crippen LogP contribution in [0.2, 0.25) is 0 Å². The van der Waals surface area contributed by atoms with Gasteiger partial charge in [-0.25, -0.2) is 23.7 Å². The Bertz CT molecular complexity index is 1420. The second kappa shape index (κ2) is 9.11. The largest absolute Gasteiger partial charge is 0.351 e. The van der Waals surface area contributed by atoms with Crippen LogP contribution in [0.25, 0.3) is 33.5 Å². The van der Waals surface area contributed by atoms with Crippen LogP contribution in [0.15, 0.2) is 24.5 Å². The normalized spacial score (nSPS) is 20.8. The summed E-state index contributed by atoms with van der Waals surface area (Å²) in [5.41, 5.74) is 3.14. The fourth-order valence-corrected chi connectivity index (χ4v) is 5.58. The summed E-state index contributed by atoms with van der Waals surface area (Å²) >= 11 is 0. The Morgan fingerprint density at radius 1 is 1.17 bits per heavy atom. The monoisotopic (exact) mass is 494 g/mol. The highest BCUT2D eigenvalue weighted by Crippen LogP contribution is 2.30. The number of anilines is 1. The van der Waals surface area contributed by atoms with Gasteiger partial charge < -0.3 is 19.8 Å². The summed E-state index contributed by atoms with van der Waals surface area (Å²) in [6, 6.07) is 4.26. The van der Waals surface area contributed by atoms with Gasteiger partial charge in [0.2, 0.25) is 11.9 Å². The molecule has 9 nitrogen and oxygen atoms in total. The summed E-state index contributed by atoms with van der Waals surface area (Å²) in [6.45, 7) is 2.16. The zero-order valence-corrected chi connectivity index (χ0v) is 20.0. The van der Waals surface area contributed by atoms with E-state index in [1.165, 1.54) is 4.57 Å². The number of alkyl halides is 2. The van der Waals surface area contributed by atoms with E-state index in [9.17, 15) is 13.6 Å². The summed E-state index contributed by atoms with van der Waals surface area (Å²) in [5, 5.41) is 4.26. The van der Waals surface area contributed by atoms with Crippen molar-refractivity contribution in [2.45, 2.75) is 70.5 Å². The number of aryl methyl sites for hydroxylation is 1. The Morgan fingerprint density at radius 2 is 2.00 bits per heavy atom. The van der Waals surface area contributed by atoms with E-state index in [0.29, 0.717) is 52.6 Å². The number of nitrogens with one attached hydrogen (secondary N) is 2. The van der Waals surface area contributed by atoms with E-state index in [4.69, 9.17) is 0 Å². The number of carbonyl (C=O) groups is 1. The number of aromatic nitrogens is 6. The molecule has 1 aliphatic heterocycles. The van der Waals surface area contributed by atoms with Gasteiger partial charge in [-0.2, -0.15) is 4.98 Å². The second-order valence-electron chi connectivity index (χ2n) is 9.70. The zero-order valence-electron chi connectivity index (χ0n) is 20.0. The Hall–Kier alpha value is -3.63. The van der Waals surface area contributed by atoms with Gasteiger partial charge in [0.15, 0.2) is 5.65 Å². The van der Waals surface area contributed by atoms with Gasteiger partial charge in [0.1, 0.15) is 17.0 Å². The van der Waals surface area contributed by atoms with Crippen molar-refractivity contribution in [2.75, 3.05) is 11.9 Å². The molecule has 188 valence electrons. The average molecular weight is 495 g/mol. The highest BCUT2D eigenvalue weighted by Gasteiger charge is 2.31. The second-order valence-corrected chi connectivity index (χ2v) is 9.70. The van der Waals surface area contributed by atoms with Gasteiger partial charge in [-0.05, 0) is 51.2 Å². The number of nitrogens with zero attached hydrogens (tertiary/aromatic N) is 6. The van der Waals surface area contributed by atoms with Gasteiger partial charge in [0, 0.05) is 48.4 Å². The minimum absolute atomic E-state index is 0.272. The molecular weight excluding hydrogens is 466 g/mol. The van der Waals surface area contributed by atoms with Crippen molar-refractivity contribution in [3.8, 4) is 11.3 Å². The fourth-order valence-electron chi connectivity index (χ4n) is 5.58. The maximum atomic E-state index is 13.1. The van der Waals surface area contributed by atoms with E-state index in [1.54, 1.807) is 19.2 Å². The van der Waals surface area contributed by atoms with Crippen LogP contribution in [-0.4, -0.2) is 65.3 Å². The third kappa shape index (κ3) is 4.16. The molecule has 0 bridgehead atoms. The van der Waals surface area contributed by atoms with E-state index in [1.807, 2.05) is 12.3 Å². The first kappa shape index (κ1) is 22.8. The average Bonchev–Trinajstić information content (AvgIpc) is 3.56. The molecule has 2 fully saturated rings. The van der Waals surface area contributed by atoms with Crippen LogP contribution < -0.4 is 5.32 Å². The predicted octanol–water partition coefficient (Wildman–Crippen LogP) is 4.29. The molecule has 0 spiro atoms. The Kier molecular flexibility index (Phi) is 5.77. The molecule has 2 aliphatic rings. The lowest BCUT2D eigenvalue weighted by Crippen LogP contribution is -2.41. The lowest BCUT2D eigenvalue weighted by atomic mass is 9.90. The summed E-state index contributed by atoms with van der Waals surface area (Å²) in [4.78, 5) is 35.5. The van der Waals surface area contributed by atoms with Gasteiger partial charge in [0.25, 0.3) is 6.43 Å². The standard InChI is InChI=1S/C25H28F2N8O/c1-14-30-20-9-8-19(32-24(20)35(14)13-21(26)27)17-11-28-23-18(17)12-29-25(33-23)31-15-4-6-16(7-5-15)34-10-2-3-22(34)36/h8-9,11-12,15-16,21H,2-7,10,13H2,1H3,(H2,28,29,31,33). The number of hydrogen-bond donors (Lipinski definition) is 2. The number of likely N-dealkylation sites (tertiary alicyclic amines) is 1. The molecule has 1 saturated carbocycles. The molecular formula is C25H28F2N8O. The first-order valence-corrected chi connectivity index (χ1v) is 12.5. The van der Waals surface area contributed by atoms with Crippen LogP contribution in [0.5, 0.6) is 0 Å². The van der Waals surface area contributed by atoms with Crippen molar-refractivity contribution in [2.24, 2.45) is 0 Å². The topological polar surface area (TPSA) is 105 Å². The summed E-state index contributed by atoms with van der Waals surface area (Å²) in [7, 11) is 0. The van der Waals surface area contributed by atoms with Crippen LogP contribution in [-0.2, 0) is 11.3 Å². The first-order chi connectivity index (χ1) is 17.5. The van der Waals surface area contributed by atoms with Crippen molar-refractivity contribution < 1.29 is 13.6 Å². The van der Waals surface area contributed by atoms with E-state index in [-0.39, 0.29) is 6.04 Å². The number of carbonyl (C=O) groups excluding carboxylic acids is 1. The van der Waals surface area contributed by atoms with Crippen LogP contribution in [0.1, 0.15) is 44.3 Å². The molecule has 4 aromatic rings. The lowest BCUT2D eigenvalue weighted by molar-refractivity contribution is -0.130. The quantitative estimate of drug-likeness (QED) is 0.414. The number of hydrogen-bond acceptors (Lipinski definition) is 6. The lowest BCUT2D eigenvalue weighted by Gasteiger charge is -2.34. The molecule has 0 radical (unpaired) electrons. The van der Waals surface area contributed by atoms with E-state index in [0.717, 1.165) is 49.6 Å². The predicted molar refractivity (Wildman–Crippen MR) is 132 cm³/mol. The van der Waals surface area contributed by atoms with E-state index >= 15 is 0 Å². The number of imidazole rings is 1. The van der Waals surface area contributed by atoms with Crippen LogP contribution in [0.4, 0.5) is 14.7 Å². The highest BCUT2D eigenvalue weighted by atomic mass is 19.3. The number of halogens is 2. The van der Waals surface area contributed by atoms with Gasteiger partial charge in [-0.15, -0.1) is 0 Å². The fraction of sp³-hybridized carbons (Fsp3) is 0.480. The molecule has 0 aromatic carbocycles. The Labute approximate surface area is 206 Å². The summed E-state index contributed by atoms with van der Waals surface area (Å²) < 4.78 is 27.6. The third-order valence-electron chi connectivity index (χ3n) is 7.39. The number of rotatable bonds is 6. The van der Waals surface area contributed by atoms with E-state index in [2.05, 4.69) is 35.1 Å². The number of H-pyrrole nitrogens is 1. The smallest absolute Gasteiger partial charge is 0.256 e. The Balaban J connectivity index is 1.19. The van der Waals surface area contributed by atoms with Crippen molar-refractivity contribution in [1.29, 1.82) is 0 Å². The van der Waals surface area contributed by atoms with E-state index < -0.39 is 13.0 Å². The molecule has 6 rings (SSSR count). The SMILES string of the molecule is Cc1nc2ccc(-c3c[nH]c4nc(NC5CCC(N6CCCC6=O)CC5)ncc34)nc2n1CC(F)F. The third-order valence-corrected chi connectivity index (χ3v) is 7.39. The molecule has 36 heavy (non-hydrogen) atoms. The molecule has 4 aromatic heterocycles. The molecule has 2 N–H and O–H groups in total. The highest BCUT2D eigenvalue weighted by molar-refractivity contribution is 5.93. The Morgan fingerprint density at radius 3 is 2.75 bits per heavy atom. The number of pyridine rings is 1. The molecule has 1 saturated heterocycles. The van der Waals surface area contributed by atoms with Crippen molar-refractivity contribution in [1.82, 2.24) is 34.4 Å². The first-order valence-electron chi connectivity index (χ1n) is 12.5. The maximum Gasteiger partial charge on any atom is 0.256 e. The molecule has 11 heteroatoms. The summed E-state index contributed by atoms with van der Waals surface area (Å²) in [6.07, 6.45) is 6.69. The molecule has 0 atom stereocenters. The number of amides is 1. The van der Waals surface area contributed by atoms with Crippen molar-refractivity contribution in [3.05, 3.63) is 30.4 Å². The van der Waals surface area contributed by atoms with Crippen LogP contribution in [0.3, 0.4) is 0 Å². The van der Waals surface area contributed by atoms with Crippen LogP contribution >= 0.6 is 0 Å². The van der Waals surface area contributed by atoms with Gasteiger partial charge in [-0.1, -0.05) is 0 Å².